The summed E-state index contributed by atoms with van der Waals surface area (Å²) in [6, 6.07) is 22.3. The molecule has 0 bridgehead atoms. The first-order chi connectivity index (χ1) is 16.4. The van der Waals surface area contributed by atoms with Crippen molar-refractivity contribution in [3.63, 3.8) is 0 Å². The third-order valence-electron chi connectivity index (χ3n) is 5.64. The number of nitrogens with one attached hydrogen (secondary N) is 1. The molecule has 1 unspecified atom stereocenters. The standard InChI is InChI=1S/C27H30N4O2S/c1-4-20(2)31(27(33)29-24-12-8-11-23(15-24)16-28)19-26(32)30(17-22-9-6-5-7-10-22)18-25-14-13-21(3)34-25/h5-15,20H,4,17-19H2,1-3H3,(H,29,33). The van der Waals surface area contributed by atoms with Crippen LogP contribution in [0.3, 0.4) is 0 Å². The molecule has 6 nitrogen and oxygen atoms in total. The largest absolute Gasteiger partial charge is 0.332 e. The van der Waals surface area contributed by atoms with E-state index in [9.17, 15) is 9.59 Å². The Morgan fingerprint density at radius 1 is 1.06 bits per heavy atom. The van der Waals surface area contributed by atoms with Crippen molar-refractivity contribution in [3.8, 4) is 6.07 Å². The lowest BCUT2D eigenvalue weighted by Gasteiger charge is -2.31. The number of carbonyl (C=O) groups excluding carboxylic acids is 2. The van der Waals surface area contributed by atoms with Crippen LogP contribution >= 0.6 is 11.3 Å². The zero-order valence-electron chi connectivity index (χ0n) is 19.8. The fourth-order valence-corrected chi connectivity index (χ4v) is 4.46. The Balaban J connectivity index is 1.79. The van der Waals surface area contributed by atoms with Crippen molar-refractivity contribution >= 4 is 29.0 Å². The zero-order chi connectivity index (χ0) is 24.5. The van der Waals surface area contributed by atoms with Gasteiger partial charge in [-0.1, -0.05) is 43.3 Å². The van der Waals surface area contributed by atoms with Crippen LogP contribution in [0.2, 0.25) is 0 Å². The van der Waals surface area contributed by atoms with Crippen molar-refractivity contribution < 1.29 is 9.59 Å². The molecule has 1 N–H and O–H groups in total. The fraction of sp³-hybridized carbons (Fsp3) is 0.296. The van der Waals surface area contributed by atoms with Gasteiger partial charge in [0.1, 0.15) is 6.54 Å². The van der Waals surface area contributed by atoms with Crippen molar-refractivity contribution in [2.24, 2.45) is 0 Å². The van der Waals surface area contributed by atoms with Crippen molar-refractivity contribution in [1.82, 2.24) is 9.80 Å². The molecule has 3 rings (SSSR count). The van der Waals surface area contributed by atoms with Crippen LogP contribution in [-0.2, 0) is 17.9 Å². The highest BCUT2D eigenvalue weighted by molar-refractivity contribution is 7.11. The third kappa shape index (κ3) is 6.93. The smallest absolute Gasteiger partial charge is 0.322 e. The van der Waals surface area contributed by atoms with E-state index in [-0.39, 0.29) is 24.5 Å². The second-order valence-corrected chi connectivity index (χ2v) is 9.63. The van der Waals surface area contributed by atoms with E-state index in [2.05, 4.69) is 17.5 Å². The molecular formula is C27H30N4O2S. The summed E-state index contributed by atoms with van der Waals surface area (Å²) in [6.45, 7) is 6.90. The number of urea groups is 1. The van der Waals surface area contributed by atoms with Gasteiger partial charge in [0.05, 0.1) is 18.2 Å². The van der Waals surface area contributed by atoms with Crippen LogP contribution in [0.25, 0.3) is 0 Å². The van der Waals surface area contributed by atoms with E-state index < -0.39 is 0 Å². The summed E-state index contributed by atoms with van der Waals surface area (Å²) < 4.78 is 0. The van der Waals surface area contributed by atoms with E-state index in [1.165, 1.54) is 4.88 Å². The lowest BCUT2D eigenvalue weighted by molar-refractivity contribution is -0.133. The maximum Gasteiger partial charge on any atom is 0.322 e. The third-order valence-corrected chi connectivity index (χ3v) is 6.63. The molecule has 0 saturated heterocycles. The summed E-state index contributed by atoms with van der Waals surface area (Å²) in [6.07, 6.45) is 0.710. The van der Waals surface area contributed by atoms with Gasteiger partial charge in [-0.15, -0.1) is 11.3 Å². The summed E-state index contributed by atoms with van der Waals surface area (Å²) in [5.41, 5.74) is 2.03. The molecule has 34 heavy (non-hydrogen) atoms. The number of hydrogen-bond donors (Lipinski definition) is 1. The molecule has 1 heterocycles. The molecule has 1 atom stereocenters. The van der Waals surface area contributed by atoms with Gasteiger partial charge in [0.15, 0.2) is 0 Å². The average molecular weight is 475 g/mol. The number of carbonyl (C=O) groups is 2. The molecule has 7 heteroatoms. The van der Waals surface area contributed by atoms with Crippen LogP contribution in [0.5, 0.6) is 0 Å². The first-order valence-corrected chi connectivity index (χ1v) is 12.2. The Hall–Kier alpha value is -3.63. The normalized spacial score (nSPS) is 11.4. The van der Waals surface area contributed by atoms with Gasteiger partial charge in [0.2, 0.25) is 5.91 Å². The minimum Gasteiger partial charge on any atom is -0.332 e. The molecule has 0 aliphatic rings. The second-order valence-electron chi connectivity index (χ2n) is 8.26. The van der Waals surface area contributed by atoms with Gasteiger partial charge in [-0.25, -0.2) is 4.79 Å². The van der Waals surface area contributed by atoms with Crippen LogP contribution in [0.4, 0.5) is 10.5 Å². The lowest BCUT2D eigenvalue weighted by Crippen LogP contribution is -2.47. The van der Waals surface area contributed by atoms with Gasteiger partial charge >= 0.3 is 6.03 Å². The van der Waals surface area contributed by atoms with Gasteiger partial charge < -0.3 is 15.1 Å². The molecule has 176 valence electrons. The van der Waals surface area contributed by atoms with E-state index in [1.807, 2.05) is 57.2 Å². The van der Waals surface area contributed by atoms with Crippen LogP contribution in [0, 0.1) is 18.3 Å². The molecule has 0 radical (unpaired) electrons. The highest BCUT2D eigenvalue weighted by Gasteiger charge is 2.25. The van der Waals surface area contributed by atoms with E-state index in [1.54, 1.807) is 45.4 Å². The number of hydrogen-bond acceptors (Lipinski definition) is 4. The Labute approximate surface area is 205 Å². The Bertz CT molecular complexity index is 1150. The molecule has 3 aromatic rings. The molecule has 0 aliphatic heterocycles. The van der Waals surface area contributed by atoms with Crippen LogP contribution < -0.4 is 5.32 Å². The van der Waals surface area contributed by atoms with Gasteiger partial charge in [-0.3, -0.25) is 4.79 Å². The van der Waals surface area contributed by atoms with Gasteiger partial charge in [0, 0.05) is 28.0 Å². The highest BCUT2D eigenvalue weighted by atomic mass is 32.1. The number of amides is 3. The molecule has 0 fully saturated rings. The molecular weight excluding hydrogens is 444 g/mol. The highest BCUT2D eigenvalue weighted by Crippen LogP contribution is 2.20. The summed E-state index contributed by atoms with van der Waals surface area (Å²) in [7, 11) is 0. The summed E-state index contributed by atoms with van der Waals surface area (Å²) in [4.78, 5) is 32.3. The Morgan fingerprint density at radius 3 is 2.47 bits per heavy atom. The first kappa shape index (κ1) is 25.0. The number of benzene rings is 2. The average Bonchev–Trinajstić information content (AvgIpc) is 3.26. The van der Waals surface area contributed by atoms with Gasteiger partial charge in [0.25, 0.3) is 0 Å². The molecule has 3 amide bonds. The predicted octanol–water partition coefficient (Wildman–Crippen LogP) is 5.79. The quantitative estimate of drug-likeness (QED) is 0.426. The zero-order valence-corrected chi connectivity index (χ0v) is 20.6. The molecule has 0 saturated carbocycles. The molecule has 1 aromatic heterocycles. The van der Waals surface area contributed by atoms with Gasteiger partial charge in [-0.05, 0) is 56.2 Å². The fourth-order valence-electron chi connectivity index (χ4n) is 3.55. The summed E-state index contributed by atoms with van der Waals surface area (Å²) >= 11 is 1.67. The molecule has 0 spiro atoms. The summed E-state index contributed by atoms with van der Waals surface area (Å²) in [5.74, 6) is -0.115. The maximum atomic E-state index is 13.5. The number of anilines is 1. The maximum absolute atomic E-state index is 13.5. The Kier molecular flexibility index (Phi) is 8.83. The van der Waals surface area contributed by atoms with Crippen molar-refractivity contribution in [2.45, 2.75) is 46.3 Å². The number of thiophene rings is 1. The second kappa shape index (κ2) is 12.0. The van der Waals surface area contributed by atoms with Crippen LogP contribution in [0.1, 0.15) is 41.1 Å². The Morgan fingerprint density at radius 2 is 1.82 bits per heavy atom. The molecule has 2 aromatic carbocycles. The number of rotatable bonds is 9. The topological polar surface area (TPSA) is 76.4 Å². The minimum absolute atomic E-state index is 0.0318. The van der Waals surface area contributed by atoms with Crippen molar-refractivity contribution in [1.29, 1.82) is 5.26 Å². The van der Waals surface area contributed by atoms with Crippen molar-refractivity contribution in [3.05, 3.63) is 87.6 Å². The molecule has 0 aliphatic carbocycles. The van der Waals surface area contributed by atoms with Crippen LogP contribution in [0.15, 0.2) is 66.7 Å². The minimum atomic E-state index is -0.357. The number of nitriles is 1. The van der Waals surface area contributed by atoms with Crippen molar-refractivity contribution in [2.75, 3.05) is 11.9 Å². The first-order valence-electron chi connectivity index (χ1n) is 11.3. The van der Waals surface area contributed by atoms with E-state index in [0.717, 1.165) is 10.4 Å². The number of nitrogens with zero attached hydrogens (tertiary/aromatic N) is 3. The lowest BCUT2D eigenvalue weighted by atomic mass is 10.2. The van der Waals surface area contributed by atoms with E-state index in [4.69, 9.17) is 5.26 Å². The summed E-state index contributed by atoms with van der Waals surface area (Å²) in [5, 5.41) is 12.0. The van der Waals surface area contributed by atoms with Crippen LogP contribution in [-0.4, -0.2) is 34.3 Å². The van der Waals surface area contributed by atoms with Gasteiger partial charge in [-0.2, -0.15) is 5.26 Å². The monoisotopic (exact) mass is 474 g/mol. The predicted molar refractivity (Wildman–Crippen MR) is 136 cm³/mol. The van der Waals surface area contributed by atoms with E-state index in [0.29, 0.717) is 30.8 Å². The number of aryl methyl sites for hydroxylation is 1. The van der Waals surface area contributed by atoms with E-state index >= 15 is 0 Å². The SMILES string of the molecule is CCC(C)N(CC(=O)N(Cc1ccccc1)Cc1ccc(C)s1)C(=O)Nc1cccc(C#N)c1.